The Morgan fingerprint density at radius 2 is 1.81 bits per heavy atom. The summed E-state index contributed by atoms with van der Waals surface area (Å²) in [5, 5.41) is 3.20. The summed E-state index contributed by atoms with van der Waals surface area (Å²) < 4.78 is 2.01. The summed E-state index contributed by atoms with van der Waals surface area (Å²) >= 11 is 0. The molecule has 2 heterocycles. The van der Waals surface area contributed by atoms with Crippen LogP contribution in [0.5, 0.6) is 0 Å². The van der Waals surface area contributed by atoms with Crippen molar-refractivity contribution in [1.82, 2.24) is 19.8 Å². The maximum absolute atomic E-state index is 13.1. The standard InChI is InChI=1S/C22H26N4O/c1-16-14-19(17(2)26(16)21-12-8-9-13-23-21)22(27)24-20(15-25(3)4)18-10-6-5-7-11-18/h5-14,20H,15H2,1-4H3,(H,24,27). The highest BCUT2D eigenvalue weighted by Crippen LogP contribution is 2.21. The summed E-state index contributed by atoms with van der Waals surface area (Å²) in [6, 6.07) is 17.7. The fourth-order valence-electron chi connectivity index (χ4n) is 3.35. The summed E-state index contributed by atoms with van der Waals surface area (Å²) in [7, 11) is 4.02. The average molecular weight is 362 g/mol. The molecule has 1 N–H and O–H groups in total. The molecule has 0 fully saturated rings. The number of rotatable bonds is 6. The van der Waals surface area contributed by atoms with Gasteiger partial charge in [0.25, 0.3) is 5.91 Å². The number of carbonyl (C=O) groups is 1. The van der Waals surface area contributed by atoms with Crippen molar-refractivity contribution in [2.45, 2.75) is 19.9 Å². The van der Waals surface area contributed by atoms with Crippen LogP contribution in [0.4, 0.5) is 0 Å². The molecule has 1 atom stereocenters. The third-order valence-corrected chi connectivity index (χ3v) is 4.61. The van der Waals surface area contributed by atoms with Gasteiger partial charge in [0.1, 0.15) is 5.82 Å². The summed E-state index contributed by atoms with van der Waals surface area (Å²) in [6.07, 6.45) is 1.76. The van der Waals surface area contributed by atoms with Gasteiger partial charge in [0.05, 0.1) is 11.6 Å². The number of aryl methyl sites for hydroxylation is 1. The van der Waals surface area contributed by atoms with Crippen molar-refractivity contribution < 1.29 is 4.79 Å². The van der Waals surface area contributed by atoms with Gasteiger partial charge in [-0.2, -0.15) is 0 Å². The van der Waals surface area contributed by atoms with E-state index in [0.717, 1.165) is 29.3 Å². The number of amides is 1. The maximum atomic E-state index is 13.1. The first-order valence-electron chi connectivity index (χ1n) is 9.08. The third-order valence-electron chi connectivity index (χ3n) is 4.61. The van der Waals surface area contributed by atoms with Crippen LogP contribution >= 0.6 is 0 Å². The number of aromatic nitrogens is 2. The Bertz CT molecular complexity index is 901. The fourth-order valence-corrected chi connectivity index (χ4v) is 3.35. The number of nitrogens with one attached hydrogen (secondary N) is 1. The Morgan fingerprint density at radius 3 is 2.44 bits per heavy atom. The van der Waals surface area contributed by atoms with Gasteiger partial charge in [-0.15, -0.1) is 0 Å². The predicted octanol–water partition coefficient (Wildman–Crippen LogP) is 3.52. The van der Waals surface area contributed by atoms with Crippen LogP contribution < -0.4 is 5.32 Å². The van der Waals surface area contributed by atoms with Crippen LogP contribution in [-0.4, -0.2) is 41.0 Å². The molecule has 0 saturated heterocycles. The van der Waals surface area contributed by atoms with E-state index >= 15 is 0 Å². The summed E-state index contributed by atoms with van der Waals surface area (Å²) in [6.45, 7) is 4.68. The number of hydrogen-bond donors (Lipinski definition) is 1. The summed E-state index contributed by atoms with van der Waals surface area (Å²) in [5.74, 6) is 0.750. The van der Waals surface area contributed by atoms with Gasteiger partial charge in [0.2, 0.25) is 0 Å². The molecule has 2 aromatic heterocycles. The van der Waals surface area contributed by atoms with Crippen molar-refractivity contribution in [3.05, 3.63) is 83.3 Å². The largest absolute Gasteiger partial charge is 0.344 e. The van der Waals surface area contributed by atoms with E-state index in [2.05, 4.69) is 15.2 Å². The Kier molecular flexibility index (Phi) is 5.72. The second kappa shape index (κ2) is 8.18. The molecule has 1 unspecified atom stereocenters. The zero-order valence-electron chi connectivity index (χ0n) is 16.3. The number of benzene rings is 1. The van der Waals surface area contributed by atoms with Crippen molar-refractivity contribution in [2.75, 3.05) is 20.6 Å². The van der Waals surface area contributed by atoms with E-state index in [0.29, 0.717) is 5.56 Å². The van der Waals surface area contributed by atoms with Crippen LogP contribution in [-0.2, 0) is 0 Å². The lowest BCUT2D eigenvalue weighted by Crippen LogP contribution is -2.35. The van der Waals surface area contributed by atoms with Gasteiger partial charge < -0.3 is 14.8 Å². The Morgan fingerprint density at radius 1 is 1.11 bits per heavy atom. The molecule has 0 saturated carbocycles. The Labute approximate surface area is 160 Å². The molecule has 27 heavy (non-hydrogen) atoms. The van der Waals surface area contributed by atoms with Crippen molar-refractivity contribution in [3.8, 4) is 5.82 Å². The van der Waals surface area contributed by atoms with Crippen LogP contribution in [0.25, 0.3) is 5.82 Å². The molecule has 0 aliphatic heterocycles. The van der Waals surface area contributed by atoms with Crippen molar-refractivity contribution in [2.24, 2.45) is 0 Å². The number of carbonyl (C=O) groups excluding carboxylic acids is 1. The first-order valence-corrected chi connectivity index (χ1v) is 9.08. The molecule has 5 nitrogen and oxygen atoms in total. The van der Waals surface area contributed by atoms with Crippen LogP contribution in [0.2, 0.25) is 0 Å². The Hall–Kier alpha value is -2.92. The highest BCUT2D eigenvalue weighted by molar-refractivity contribution is 5.96. The van der Waals surface area contributed by atoms with Gasteiger partial charge in [-0.3, -0.25) is 4.79 Å². The van der Waals surface area contributed by atoms with Gasteiger partial charge in [-0.1, -0.05) is 36.4 Å². The minimum atomic E-state index is -0.0772. The summed E-state index contributed by atoms with van der Waals surface area (Å²) in [5.41, 5.74) is 3.65. The van der Waals surface area contributed by atoms with E-state index in [1.165, 1.54) is 0 Å². The molecule has 0 aliphatic rings. The highest BCUT2D eigenvalue weighted by Gasteiger charge is 2.21. The molecule has 0 spiro atoms. The average Bonchev–Trinajstić information content (AvgIpc) is 2.96. The SMILES string of the molecule is Cc1cc(C(=O)NC(CN(C)C)c2ccccc2)c(C)n1-c1ccccn1. The second-order valence-electron chi connectivity index (χ2n) is 7.01. The van der Waals surface area contributed by atoms with E-state index < -0.39 is 0 Å². The number of pyridine rings is 1. The molecular formula is C22H26N4O. The van der Waals surface area contributed by atoms with Gasteiger partial charge in [-0.25, -0.2) is 4.98 Å². The Balaban J connectivity index is 1.89. The molecule has 5 heteroatoms. The number of hydrogen-bond acceptors (Lipinski definition) is 3. The van der Waals surface area contributed by atoms with Crippen molar-refractivity contribution >= 4 is 5.91 Å². The number of likely N-dealkylation sites (N-methyl/N-ethyl adjacent to an activating group) is 1. The van der Waals surface area contributed by atoms with Gasteiger partial charge in [0, 0.05) is 24.1 Å². The van der Waals surface area contributed by atoms with Crippen molar-refractivity contribution in [1.29, 1.82) is 0 Å². The lowest BCUT2D eigenvalue weighted by Gasteiger charge is -2.23. The van der Waals surface area contributed by atoms with Crippen LogP contribution in [0.3, 0.4) is 0 Å². The topological polar surface area (TPSA) is 50.2 Å². The lowest BCUT2D eigenvalue weighted by atomic mass is 10.1. The fraction of sp³-hybridized carbons (Fsp3) is 0.273. The molecule has 1 amide bonds. The first-order chi connectivity index (χ1) is 13.0. The zero-order chi connectivity index (χ0) is 19.4. The van der Waals surface area contributed by atoms with Crippen LogP contribution in [0.15, 0.2) is 60.8 Å². The van der Waals surface area contributed by atoms with Crippen LogP contribution in [0, 0.1) is 13.8 Å². The van der Waals surface area contributed by atoms with Crippen LogP contribution in [0.1, 0.15) is 33.4 Å². The molecular weight excluding hydrogens is 336 g/mol. The van der Waals surface area contributed by atoms with Gasteiger partial charge >= 0.3 is 0 Å². The van der Waals surface area contributed by atoms with E-state index in [1.807, 2.05) is 87.1 Å². The monoisotopic (exact) mass is 362 g/mol. The normalized spacial score (nSPS) is 12.2. The van der Waals surface area contributed by atoms with Gasteiger partial charge in [-0.05, 0) is 51.7 Å². The molecule has 1 aromatic carbocycles. The molecule has 3 rings (SSSR count). The van der Waals surface area contributed by atoms with E-state index in [1.54, 1.807) is 6.20 Å². The third kappa shape index (κ3) is 4.26. The molecule has 3 aromatic rings. The van der Waals surface area contributed by atoms with Crippen molar-refractivity contribution in [3.63, 3.8) is 0 Å². The lowest BCUT2D eigenvalue weighted by molar-refractivity contribution is 0.0929. The van der Waals surface area contributed by atoms with Gasteiger partial charge in [0.15, 0.2) is 0 Å². The molecule has 140 valence electrons. The highest BCUT2D eigenvalue weighted by atomic mass is 16.1. The maximum Gasteiger partial charge on any atom is 0.253 e. The first kappa shape index (κ1) is 18.9. The number of nitrogens with zero attached hydrogens (tertiary/aromatic N) is 3. The quantitative estimate of drug-likeness (QED) is 0.730. The summed E-state index contributed by atoms with van der Waals surface area (Å²) in [4.78, 5) is 19.6. The smallest absolute Gasteiger partial charge is 0.253 e. The second-order valence-corrected chi connectivity index (χ2v) is 7.01. The molecule has 0 aliphatic carbocycles. The minimum Gasteiger partial charge on any atom is -0.344 e. The zero-order valence-corrected chi connectivity index (χ0v) is 16.3. The predicted molar refractivity (Wildman–Crippen MR) is 108 cm³/mol. The van der Waals surface area contributed by atoms with E-state index in [4.69, 9.17) is 0 Å². The van der Waals surface area contributed by atoms with E-state index in [-0.39, 0.29) is 11.9 Å². The minimum absolute atomic E-state index is 0.0685. The molecule has 0 bridgehead atoms. The molecule has 0 radical (unpaired) electrons. The van der Waals surface area contributed by atoms with E-state index in [9.17, 15) is 4.79 Å².